The van der Waals surface area contributed by atoms with E-state index < -0.39 is 0 Å². The molecule has 66 valence electrons. The Morgan fingerprint density at radius 3 is 2.69 bits per heavy atom. The molecule has 2 rings (SSSR count). The van der Waals surface area contributed by atoms with E-state index in [9.17, 15) is 0 Å². The van der Waals surface area contributed by atoms with Crippen molar-refractivity contribution in [3.05, 3.63) is 41.3 Å². The van der Waals surface area contributed by atoms with Crippen LogP contribution in [0, 0.1) is 6.92 Å². The molecule has 13 heavy (non-hydrogen) atoms. The van der Waals surface area contributed by atoms with Gasteiger partial charge in [0.15, 0.2) is 5.82 Å². The van der Waals surface area contributed by atoms with Gasteiger partial charge in [-0.15, -0.1) is 0 Å². The molecule has 2 aromatic rings. The Morgan fingerprint density at radius 1 is 1.31 bits per heavy atom. The van der Waals surface area contributed by atoms with Crippen LogP contribution in [0.1, 0.15) is 5.69 Å². The summed E-state index contributed by atoms with van der Waals surface area (Å²) >= 11 is 5.71. The van der Waals surface area contributed by atoms with Gasteiger partial charge in [-0.3, -0.25) is 0 Å². The molecule has 0 atom stereocenters. The zero-order valence-electron chi connectivity index (χ0n) is 7.11. The van der Waals surface area contributed by atoms with Crippen molar-refractivity contribution in [2.24, 2.45) is 0 Å². The highest BCUT2D eigenvalue weighted by Crippen LogP contribution is 2.09. The van der Waals surface area contributed by atoms with Crippen LogP contribution in [0.25, 0.3) is 5.82 Å². The average molecular weight is 194 g/mol. The molecule has 0 spiro atoms. The molecule has 0 aliphatic rings. The smallest absolute Gasteiger partial charge is 0.153 e. The van der Waals surface area contributed by atoms with E-state index in [1.165, 1.54) is 0 Å². The lowest BCUT2D eigenvalue weighted by molar-refractivity contribution is 0.832. The summed E-state index contributed by atoms with van der Waals surface area (Å²) in [6, 6.07) is 5.55. The van der Waals surface area contributed by atoms with Gasteiger partial charge in [0, 0.05) is 12.4 Å². The van der Waals surface area contributed by atoms with Crippen molar-refractivity contribution in [3.8, 4) is 5.82 Å². The van der Waals surface area contributed by atoms with E-state index in [1.54, 1.807) is 16.9 Å². The van der Waals surface area contributed by atoms with E-state index in [-0.39, 0.29) is 0 Å². The summed E-state index contributed by atoms with van der Waals surface area (Å²) in [5.74, 6) is 0.775. The van der Waals surface area contributed by atoms with Crippen LogP contribution in [0.4, 0.5) is 0 Å². The zero-order valence-corrected chi connectivity index (χ0v) is 7.86. The maximum absolute atomic E-state index is 5.71. The van der Waals surface area contributed by atoms with Crippen molar-refractivity contribution >= 4 is 11.6 Å². The molecule has 0 aromatic carbocycles. The molecule has 3 nitrogen and oxygen atoms in total. The summed E-state index contributed by atoms with van der Waals surface area (Å²) in [5, 5.41) is 4.85. The van der Waals surface area contributed by atoms with E-state index in [2.05, 4.69) is 10.1 Å². The Hall–Kier alpha value is -1.35. The molecule has 0 amide bonds. The van der Waals surface area contributed by atoms with E-state index in [1.807, 2.05) is 25.3 Å². The van der Waals surface area contributed by atoms with Gasteiger partial charge in [-0.1, -0.05) is 11.6 Å². The zero-order chi connectivity index (χ0) is 9.26. The minimum Gasteiger partial charge on any atom is -0.236 e. The highest BCUT2D eigenvalue weighted by molar-refractivity contribution is 6.30. The van der Waals surface area contributed by atoms with Gasteiger partial charge in [0.2, 0.25) is 0 Å². The molecule has 2 aromatic heterocycles. The van der Waals surface area contributed by atoms with Gasteiger partial charge < -0.3 is 0 Å². The number of aryl methyl sites for hydroxylation is 1. The topological polar surface area (TPSA) is 30.7 Å². The predicted molar refractivity (Wildman–Crippen MR) is 51.1 cm³/mol. The molecular weight excluding hydrogens is 186 g/mol. The molecule has 0 N–H and O–H groups in total. The highest BCUT2D eigenvalue weighted by atomic mass is 35.5. The van der Waals surface area contributed by atoms with Crippen molar-refractivity contribution in [2.45, 2.75) is 6.92 Å². The molecule has 0 radical (unpaired) electrons. The van der Waals surface area contributed by atoms with Gasteiger partial charge in [0.05, 0.1) is 10.7 Å². The Kier molecular flexibility index (Phi) is 2.02. The number of hydrogen-bond donors (Lipinski definition) is 0. The lowest BCUT2D eigenvalue weighted by atomic mass is 10.5. The molecule has 0 saturated heterocycles. The first-order chi connectivity index (χ1) is 6.25. The minimum absolute atomic E-state index is 0.632. The third kappa shape index (κ3) is 1.70. The highest BCUT2D eigenvalue weighted by Gasteiger charge is 1.98. The molecule has 2 heterocycles. The van der Waals surface area contributed by atoms with Crippen LogP contribution in [0.15, 0.2) is 30.6 Å². The standard InChI is InChI=1S/C9H8ClN3/c1-7-4-5-13(12-7)9-3-2-8(10)6-11-9/h2-6H,1H3. The number of halogens is 1. The van der Waals surface area contributed by atoms with Gasteiger partial charge in [-0.25, -0.2) is 9.67 Å². The maximum atomic E-state index is 5.71. The lowest BCUT2D eigenvalue weighted by Crippen LogP contribution is -1.97. The second-order valence-corrected chi connectivity index (χ2v) is 3.17. The molecule has 0 aliphatic carbocycles. The van der Waals surface area contributed by atoms with Crippen molar-refractivity contribution in [2.75, 3.05) is 0 Å². The van der Waals surface area contributed by atoms with Gasteiger partial charge in [-0.2, -0.15) is 5.10 Å². The Balaban J connectivity index is 2.41. The van der Waals surface area contributed by atoms with Crippen LogP contribution >= 0.6 is 11.6 Å². The normalized spacial score (nSPS) is 10.3. The second-order valence-electron chi connectivity index (χ2n) is 2.74. The quantitative estimate of drug-likeness (QED) is 0.696. The van der Waals surface area contributed by atoms with Crippen LogP contribution in [-0.4, -0.2) is 14.8 Å². The second kappa shape index (κ2) is 3.18. The number of nitrogens with zero attached hydrogens (tertiary/aromatic N) is 3. The molecule has 0 aliphatic heterocycles. The summed E-state index contributed by atoms with van der Waals surface area (Å²) in [4.78, 5) is 4.13. The largest absolute Gasteiger partial charge is 0.236 e. The van der Waals surface area contributed by atoms with E-state index in [0.29, 0.717) is 5.02 Å². The first-order valence-electron chi connectivity index (χ1n) is 3.90. The Labute approximate surface area is 81.0 Å². The van der Waals surface area contributed by atoms with Crippen LogP contribution in [-0.2, 0) is 0 Å². The summed E-state index contributed by atoms with van der Waals surface area (Å²) in [7, 11) is 0. The van der Waals surface area contributed by atoms with E-state index in [0.717, 1.165) is 11.5 Å². The first kappa shape index (κ1) is 8.26. The molecule has 0 fully saturated rings. The van der Waals surface area contributed by atoms with Crippen LogP contribution in [0.3, 0.4) is 0 Å². The monoisotopic (exact) mass is 193 g/mol. The molecule has 0 saturated carbocycles. The lowest BCUT2D eigenvalue weighted by Gasteiger charge is -1.98. The maximum Gasteiger partial charge on any atom is 0.153 e. The number of hydrogen-bond acceptors (Lipinski definition) is 2. The van der Waals surface area contributed by atoms with Crippen LogP contribution in [0.2, 0.25) is 5.02 Å². The summed E-state index contributed by atoms with van der Waals surface area (Å²) in [6.07, 6.45) is 3.47. The molecule has 0 bridgehead atoms. The fourth-order valence-corrected chi connectivity index (χ4v) is 1.16. The number of pyridine rings is 1. The van der Waals surface area contributed by atoms with Crippen molar-refractivity contribution < 1.29 is 0 Å². The summed E-state index contributed by atoms with van der Waals surface area (Å²) in [5.41, 5.74) is 0.969. The summed E-state index contributed by atoms with van der Waals surface area (Å²) in [6.45, 7) is 1.94. The van der Waals surface area contributed by atoms with Crippen molar-refractivity contribution in [3.63, 3.8) is 0 Å². The predicted octanol–water partition coefficient (Wildman–Crippen LogP) is 2.23. The van der Waals surface area contributed by atoms with Gasteiger partial charge in [0.1, 0.15) is 0 Å². The van der Waals surface area contributed by atoms with Gasteiger partial charge >= 0.3 is 0 Å². The third-order valence-electron chi connectivity index (χ3n) is 1.67. The van der Waals surface area contributed by atoms with Gasteiger partial charge in [-0.05, 0) is 25.1 Å². The molecule has 4 heteroatoms. The average Bonchev–Trinajstić information content (AvgIpc) is 2.53. The Morgan fingerprint density at radius 2 is 2.15 bits per heavy atom. The van der Waals surface area contributed by atoms with Crippen molar-refractivity contribution in [1.29, 1.82) is 0 Å². The fraction of sp³-hybridized carbons (Fsp3) is 0.111. The number of aromatic nitrogens is 3. The summed E-state index contributed by atoms with van der Waals surface area (Å²) < 4.78 is 1.71. The molecular formula is C9H8ClN3. The third-order valence-corrected chi connectivity index (χ3v) is 1.89. The van der Waals surface area contributed by atoms with Gasteiger partial charge in [0.25, 0.3) is 0 Å². The number of rotatable bonds is 1. The SMILES string of the molecule is Cc1ccn(-c2ccc(Cl)cn2)n1. The first-order valence-corrected chi connectivity index (χ1v) is 4.28. The van der Waals surface area contributed by atoms with Crippen LogP contribution in [0.5, 0.6) is 0 Å². The minimum atomic E-state index is 0.632. The van der Waals surface area contributed by atoms with E-state index >= 15 is 0 Å². The van der Waals surface area contributed by atoms with Crippen molar-refractivity contribution in [1.82, 2.24) is 14.8 Å². The van der Waals surface area contributed by atoms with E-state index in [4.69, 9.17) is 11.6 Å². The molecule has 0 unspecified atom stereocenters. The fourth-order valence-electron chi connectivity index (χ4n) is 1.05. The van der Waals surface area contributed by atoms with Crippen LogP contribution < -0.4 is 0 Å². The Bertz CT molecular complexity index is 405.